The van der Waals surface area contributed by atoms with Gasteiger partial charge < -0.3 is 15.4 Å². The Labute approximate surface area is 151 Å². The predicted octanol–water partition coefficient (Wildman–Crippen LogP) is 1.03. The van der Waals surface area contributed by atoms with E-state index in [0.29, 0.717) is 30.6 Å². The number of aromatic nitrogens is 4. The minimum atomic E-state index is -0.345. The first-order valence-electron chi connectivity index (χ1n) is 8.75. The average molecular weight is 361 g/mol. The zero-order chi connectivity index (χ0) is 18.4. The number of halogens is 1. The van der Waals surface area contributed by atoms with Gasteiger partial charge in [0.15, 0.2) is 11.8 Å². The molecule has 0 aliphatic carbocycles. The van der Waals surface area contributed by atoms with E-state index in [2.05, 4.69) is 30.7 Å². The SMILES string of the molecule is CCNC(=NCc1ncccc1F)NC1CCc2nc(COC)nn2C1. The van der Waals surface area contributed by atoms with Crippen molar-refractivity contribution in [2.24, 2.45) is 4.99 Å². The van der Waals surface area contributed by atoms with E-state index in [-0.39, 0.29) is 18.4 Å². The molecule has 1 unspecified atom stereocenters. The molecule has 2 aromatic rings. The molecule has 0 saturated heterocycles. The number of aryl methyl sites for hydroxylation is 1. The van der Waals surface area contributed by atoms with Gasteiger partial charge in [-0.1, -0.05) is 0 Å². The van der Waals surface area contributed by atoms with E-state index in [1.807, 2.05) is 11.6 Å². The Balaban J connectivity index is 1.64. The molecule has 1 aliphatic heterocycles. The van der Waals surface area contributed by atoms with Crippen LogP contribution in [0.4, 0.5) is 4.39 Å². The topological polar surface area (TPSA) is 89.2 Å². The molecule has 2 aromatic heterocycles. The van der Waals surface area contributed by atoms with Crippen LogP contribution in [0.1, 0.15) is 30.7 Å². The summed E-state index contributed by atoms with van der Waals surface area (Å²) in [7, 11) is 1.63. The fourth-order valence-electron chi connectivity index (χ4n) is 2.87. The highest BCUT2D eigenvalue weighted by atomic mass is 19.1. The van der Waals surface area contributed by atoms with Gasteiger partial charge in [-0.3, -0.25) is 4.98 Å². The van der Waals surface area contributed by atoms with Crippen LogP contribution in [-0.2, 0) is 30.9 Å². The van der Waals surface area contributed by atoms with Crippen molar-refractivity contribution >= 4 is 5.96 Å². The van der Waals surface area contributed by atoms with Crippen LogP contribution in [-0.4, -0.2) is 45.4 Å². The predicted molar refractivity (Wildman–Crippen MR) is 95.0 cm³/mol. The molecule has 0 fully saturated rings. The first kappa shape index (κ1) is 18.2. The summed E-state index contributed by atoms with van der Waals surface area (Å²) in [5.41, 5.74) is 0.330. The second-order valence-electron chi connectivity index (χ2n) is 6.07. The maximum Gasteiger partial charge on any atom is 0.191 e. The second kappa shape index (κ2) is 8.70. The monoisotopic (exact) mass is 361 g/mol. The Bertz CT molecular complexity index is 761. The van der Waals surface area contributed by atoms with Crippen LogP contribution in [0.5, 0.6) is 0 Å². The summed E-state index contributed by atoms with van der Waals surface area (Å²) in [5.74, 6) is 1.98. The van der Waals surface area contributed by atoms with E-state index in [0.717, 1.165) is 25.2 Å². The van der Waals surface area contributed by atoms with Crippen molar-refractivity contribution in [2.75, 3.05) is 13.7 Å². The number of methoxy groups -OCH3 is 1. The number of pyridine rings is 1. The number of ether oxygens (including phenoxy) is 1. The van der Waals surface area contributed by atoms with Gasteiger partial charge in [0, 0.05) is 32.3 Å². The Morgan fingerprint density at radius 1 is 1.50 bits per heavy atom. The van der Waals surface area contributed by atoms with E-state index in [4.69, 9.17) is 4.74 Å². The van der Waals surface area contributed by atoms with Crippen molar-refractivity contribution < 1.29 is 9.13 Å². The van der Waals surface area contributed by atoms with Crippen LogP contribution in [0.15, 0.2) is 23.3 Å². The summed E-state index contributed by atoms with van der Waals surface area (Å²) < 4.78 is 20.7. The lowest BCUT2D eigenvalue weighted by Crippen LogP contribution is -2.47. The van der Waals surface area contributed by atoms with Gasteiger partial charge >= 0.3 is 0 Å². The summed E-state index contributed by atoms with van der Waals surface area (Å²) in [6, 6.07) is 3.14. The van der Waals surface area contributed by atoms with Crippen LogP contribution in [0.2, 0.25) is 0 Å². The average Bonchev–Trinajstić information content (AvgIpc) is 3.03. The molecule has 8 nitrogen and oxygen atoms in total. The summed E-state index contributed by atoms with van der Waals surface area (Å²) in [6.07, 6.45) is 3.33. The maximum absolute atomic E-state index is 13.7. The van der Waals surface area contributed by atoms with Crippen LogP contribution in [0.3, 0.4) is 0 Å². The molecule has 140 valence electrons. The number of aliphatic imine (C=N–C) groups is 1. The summed E-state index contributed by atoms with van der Waals surface area (Å²) in [4.78, 5) is 13.0. The van der Waals surface area contributed by atoms with Gasteiger partial charge in [-0.15, -0.1) is 0 Å². The molecular weight excluding hydrogens is 337 g/mol. The number of hydrogen-bond donors (Lipinski definition) is 2. The molecule has 0 aromatic carbocycles. The molecule has 9 heteroatoms. The lowest BCUT2D eigenvalue weighted by molar-refractivity contribution is 0.177. The van der Waals surface area contributed by atoms with Gasteiger partial charge in [-0.25, -0.2) is 19.0 Å². The Morgan fingerprint density at radius 3 is 3.15 bits per heavy atom. The number of nitrogens with zero attached hydrogens (tertiary/aromatic N) is 5. The third kappa shape index (κ3) is 4.54. The highest BCUT2D eigenvalue weighted by Crippen LogP contribution is 2.13. The van der Waals surface area contributed by atoms with E-state index >= 15 is 0 Å². The number of fused-ring (bicyclic) bond motifs is 1. The van der Waals surface area contributed by atoms with Crippen LogP contribution in [0, 0.1) is 5.82 Å². The van der Waals surface area contributed by atoms with Crippen LogP contribution >= 0.6 is 0 Å². The van der Waals surface area contributed by atoms with Crippen molar-refractivity contribution in [1.82, 2.24) is 30.4 Å². The minimum Gasteiger partial charge on any atom is -0.377 e. The van der Waals surface area contributed by atoms with Crippen molar-refractivity contribution in [3.05, 3.63) is 41.5 Å². The standard InChI is InChI=1S/C17H24FN7O/c1-3-19-17(21-9-14-13(18)5-4-8-20-14)22-12-6-7-16-23-15(11-26-2)24-25(16)10-12/h4-5,8,12H,3,6-7,9-11H2,1-2H3,(H2,19,21,22). The molecule has 0 spiro atoms. The summed E-state index contributed by atoms with van der Waals surface area (Å²) in [5, 5.41) is 11.1. The normalized spacial score (nSPS) is 17.0. The molecule has 3 heterocycles. The summed E-state index contributed by atoms with van der Waals surface area (Å²) >= 11 is 0. The molecule has 1 atom stereocenters. The lowest BCUT2D eigenvalue weighted by atomic mass is 10.1. The largest absolute Gasteiger partial charge is 0.377 e. The van der Waals surface area contributed by atoms with Crippen LogP contribution < -0.4 is 10.6 Å². The Kier molecular flexibility index (Phi) is 6.11. The fraction of sp³-hybridized carbons (Fsp3) is 0.529. The maximum atomic E-state index is 13.7. The number of nitrogens with one attached hydrogen (secondary N) is 2. The zero-order valence-electron chi connectivity index (χ0n) is 15.1. The van der Waals surface area contributed by atoms with E-state index in [1.165, 1.54) is 6.07 Å². The van der Waals surface area contributed by atoms with Gasteiger partial charge in [0.2, 0.25) is 0 Å². The van der Waals surface area contributed by atoms with Gasteiger partial charge in [0.25, 0.3) is 0 Å². The molecule has 1 aliphatic rings. The molecular formula is C17H24FN7O. The molecule has 0 bridgehead atoms. The second-order valence-corrected chi connectivity index (χ2v) is 6.07. The lowest BCUT2D eigenvalue weighted by Gasteiger charge is -2.25. The Hall–Kier alpha value is -2.55. The smallest absolute Gasteiger partial charge is 0.191 e. The van der Waals surface area contributed by atoms with Gasteiger partial charge in [-0.05, 0) is 25.5 Å². The van der Waals surface area contributed by atoms with E-state index in [9.17, 15) is 4.39 Å². The third-order valence-corrected chi connectivity index (χ3v) is 4.08. The van der Waals surface area contributed by atoms with Crippen molar-refractivity contribution in [3.63, 3.8) is 0 Å². The first-order chi connectivity index (χ1) is 12.7. The number of guanidine groups is 1. The van der Waals surface area contributed by atoms with Crippen molar-refractivity contribution in [1.29, 1.82) is 0 Å². The van der Waals surface area contributed by atoms with Crippen molar-refractivity contribution in [2.45, 2.75) is 45.5 Å². The molecule has 0 saturated carbocycles. The van der Waals surface area contributed by atoms with Crippen LogP contribution in [0.25, 0.3) is 0 Å². The molecule has 26 heavy (non-hydrogen) atoms. The molecule has 0 radical (unpaired) electrons. The Morgan fingerprint density at radius 2 is 2.38 bits per heavy atom. The van der Waals surface area contributed by atoms with E-state index in [1.54, 1.807) is 19.4 Å². The van der Waals surface area contributed by atoms with Crippen molar-refractivity contribution in [3.8, 4) is 0 Å². The first-order valence-corrected chi connectivity index (χ1v) is 8.75. The van der Waals surface area contributed by atoms with Gasteiger partial charge in [0.1, 0.15) is 18.2 Å². The van der Waals surface area contributed by atoms with E-state index < -0.39 is 0 Å². The van der Waals surface area contributed by atoms with Gasteiger partial charge in [-0.2, -0.15) is 5.10 Å². The molecule has 2 N–H and O–H groups in total. The summed E-state index contributed by atoms with van der Waals surface area (Å²) in [6.45, 7) is 4.01. The fourth-order valence-corrected chi connectivity index (χ4v) is 2.87. The zero-order valence-corrected chi connectivity index (χ0v) is 15.1. The molecule has 0 amide bonds. The third-order valence-electron chi connectivity index (χ3n) is 4.08. The minimum absolute atomic E-state index is 0.172. The quantitative estimate of drug-likeness (QED) is 0.590. The number of hydrogen-bond acceptors (Lipinski definition) is 5. The molecule has 3 rings (SSSR count). The van der Waals surface area contributed by atoms with Gasteiger partial charge in [0.05, 0.1) is 18.8 Å². The highest BCUT2D eigenvalue weighted by molar-refractivity contribution is 5.80. The number of rotatable bonds is 6. The highest BCUT2D eigenvalue weighted by Gasteiger charge is 2.22.